The summed E-state index contributed by atoms with van der Waals surface area (Å²) in [5, 5.41) is 3.30. The van der Waals surface area contributed by atoms with Gasteiger partial charge in [0.15, 0.2) is 6.10 Å². The van der Waals surface area contributed by atoms with Crippen LogP contribution in [0.4, 0.5) is 5.69 Å². The molecule has 1 unspecified atom stereocenters. The summed E-state index contributed by atoms with van der Waals surface area (Å²) in [5.74, 6) is 0.516. The molecule has 0 aliphatic heterocycles. The fourth-order valence-electron chi connectivity index (χ4n) is 2.48. The number of nitrogens with one attached hydrogen (secondary N) is 1. The van der Waals surface area contributed by atoms with Crippen LogP contribution in [0.5, 0.6) is 11.5 Å². The molecule has 0 radical (unpaired) electrons. The molecule has 0 saturated carbocycles. The number of benzene rings is 2. The Kier molecular flexibility index (Phi) is 7.96. The van der Waals surface area contributed by atoms with Crippen LogP contribution >= 0.6 is 23.2 Å². The maximum Gasteiger partial charge on any atom is 0.263 e. The summed E-state index contributed by atoms with van der Waals surface area (Å²) in [6.07, 6.45) is -0.759. The number of carbonyl (C=O) groups excluding carboxylic acids is 2. The summed E-state index contributed by atoms with van der Waals surface area (Å²) in [4.78, 5) is 26.4. The average molecular weight is 425 g/mol. The number of nitrogens with zero attached hydrogens (tertiary/aromatic N) is 1. The van der Waals surface area contributed by atoms with Gasteiger partial charge in [0.25, 0.3) is 5.91 Å². The quantitative estimate of drug-likeness (QED) is 0.687. The van der Waals surface area contributed by atoms with E-state index in [2.05, 4.69) is 5.32 Å². The molecule has 0 heterocycles. The second-order valence-electron chi connectivity index (χ2n) is 5.93. The molecule has 2 aromatic carbocycles. The third kappa shape index (κ3) is 5.78. The van der Waals surface area contributed by atoms with Gasteiger partial charge in [-0.15, -0.1) is 0 Å². The second kappa shape index (κ2) is 10.2. The normalized spacial score (nSPS) is 11.5. The third-order valence-electron chi connectivity index (χ3n) is 3.98. The Balaban J connectivity index is 1.98. The minimum atomic E-state index is -0.759. The molecule has 1 N–H and O–H groups in total. The van der Waals surface area contributed by atoms with Gasteiger partial charge in [-0.1, -0.05) is 29.3 Å². The SMILES string of the molecule is CCN(CC(=O)Nc1c(Cl)cccc1Cl)C(=O)C(C)Oc1ccc(OC)cc1. The number of methoxy groups -OCH3 is 1. The Morgan fingerprint density at radius 2 is 1.64 bits per heavy atom. The second-order valence-corrected chi connectivity index (χ2v) is 6.75. The van der Waals surface area contributed by atoms with Gasteiger partial charge in [0, 0.05) is 6.54 Å². The Labute approximate surface area is 174 Å². The molecule has 0 aliphatic carbocycles. The van der Waals surface area contributed by atoms with Crippen LogP contribution < -0.4 is 14.8 Å². The number of hydrogen-bond donors (Lipinski definition) is 1. The summed E-state index contributed by atoms with van der Waals surface area (Å²) >= 11 is 12.1. The van der Waals surface area contributed by atoms with E-state index < -0.39 is 12.0 Å². The highest BCUT2D eigenvalue weighted by atomic mass is 35.5. The molecule has 28 heavy (non-hydrogen) atoms. The molecule has 0 spiro atoms. The average Bonchev–Trinajstić information content (AvgIpc) is 2.69. The zero-order chi connectivity index (χ0) is 20.7. The number of amides is 2. The van der Waals surface area contributed by atoms with Gasteiger partial charge in [-0.2, -0.15) is 0 Å². The van der Waals surface area contributed by atoms with Crippen molar-refractivity contribution in [3.8, 4) is 11.5 Å². The molecular weight excluding hydrogens is 403 g/mol. The van der Waals surface area contributed by atoms with E-state index in [1.807, 2.05) is 0 Å². The monoisotopic (exact) mass is 424 g/mol. The van der Waals surface area contributed by atoms with Gasteiger partial charge in [-0.05, 0) is 50.2 Å². The minimum absolute atomic E-state index is 0.146. The minimum Gasteiger partial charge on any atom is -0.497 e. The van der Waals surface area contributed by atoms with Crippen LogP contribution in [0.15, 0.2) is 42.5 Å². The Hall–Kier alpha value is -2.44. The smallest absolute Gasteiger partial charge is 0.263 e. The lowest BCUT2D eigenvalue weighted by molar-refractivity contribution is -0.140. The summed E-state index contributed by atoms with van der Waals surface area (Å²) < 4.78 is 10.8. The van der Waals surface area contributed by atoms with E-state index in [1.54, 1.807) is 63.4 Å². The number of anilines is 1. The first-order valence-electron chi connectivity index (χ1n) is 8.69. The van der Waals surface area contributed by atoms with Crippen molar-refractivity contribution in [1.29, 1.82) is 0 Å². The zero-order valence-corrected chi connectivity index (χ0v) is 17.4. The van der Waals surface area contributed by atoms with E-state index in [-0.39, 0.29) is 12.5 Å². The van der Waals surface area contributed by atoms with E-state index >= 15 is 0 Å². The predicted molar refractivity (Wildman–Crippen MR) is 110 cm³/mol. The standard InChI is InChI=1S/C20H22Cl2N2O4/c1-4-24(12-18(25)23-19-16(21)6-5-7-17(19)22)20(26)13(2)28-15-10-8-14(27-3)9-11-15/h5-11,13H,4,12H2,1-3H3,(H,23,25). The zero-order valence-electron chi connectivity index (χ0n) is 15.9. The molecule has 2 amide bonds. The number of rotatable bonds is 8. The molecule has 6 nitrogen and oxygen atoms in total. The fraction of sp³-hybridized carbons (Fsp3) is 0.300. The van der Waals surface area contributed by atoms with Gasteiger partial charge in [-0.3, -0.25) is 9.59 Å². The number of ether oxygens (including phenoxy) is 2. The maximum atomic E-state index is 12.7. The Bertz CT molecular complexity index is 807. The number of hydrogen-bond acceptors (Lipinski definition) is 4. The van der Waals surface area contributed by atoms with Crippen molar-refractivity contribution >= 4 is 40.7 Å². The van der Waals surface area contributed by atoms with Crippen molar-refractivity contribution < 1.29 is 19.1 Å². The number of para-hydroxylation sites is 1. The van der Waals surface area contributed by atoms with Gasteiger partial charge >= 0.3 is 0 Å². The first-order chi connectivity index (χ1) is 13.3. The summed E-state index contributed by atoms with van der Waals surface area (Å²) in [6, 6.07) is 11.8. The molecule has 2 aromatic rings. The molecule has 0 bridgehead atoms. The molecule has 1 atom stereocenters. The topological polar surface area (TPSA) is 67.9 Å². The van der Waals surface area contributed by atoms with Crippen molar-refractivity contribution in [2.75, 3.05) is 25.5 Å². The largest absolute Gasteiger partial charge is 0.497 e. The van der Waals surface area contributed by atoms with Crippen LogP contribution in [-0.4, -0.2) is 43.0 Å². The fourth-order valence-corrected chi connectivity index (χ4v) is 2.97. The summed E-state index contributed by atoms with van der Waals surface area (Å²) in [6.45, 7) is 3.62. The maximum absolute atomic E-state index is 12.7. The van der Waals surface area contributed by atoms with Crippen molar-refractivity contribution in [3.63, 3.8) is 0 Å². The Morgan fingerprint density at radius 3 is 2.18 bits per heavy atom. The van der Waals surface area contributed by atoms with Crippen molar-refractivity contribution in [2.45, 2.75) is 20.0 Å². The highest BCUT2D eigenvalue weighted by Crippen LogP contribution is 2.29. The molecule has 8 heteroatoms. The number of halogens is 2. The highest BCUT2D eigenvalue weighted by molar-refractivity contribution is 6.39. The van der Waals surface area contributed by atoms with Crippen molar-refractivity contribution in [3.05, 3.63) is 52.5 Å². The summed E-state index contributed by atoms with van der Waals surface area (Å²) in [7, 11) is 1.57. The Morgan fingerprint density at radius 1 is 1.07 bits per heavy atom. The first kappa shape index (κ1) is 21.9. The van der Waals surface area contributed by atoms with Crippen molar-refractivity contribution in [1.82, 2.24) is 4.90 Å². The van der Waals surface area contributed by atoms with E-state index in [0.29, 0.717) is 33.8 Å². The third-order valence-corrected chi connectivity index (χ3v) is 4.61. The number of likely N-dealkylation sites (N-methyl/N-ethyl adjacent to an activating group) is 1. The van der Waals surface area contributed by atoms with Gasteiger partial charge in [-0.25, -0.2) is 0 Å². The van der Waals surface area contributed by atoms with Crippen LogP contribution in [0.25, 0.3) is 0 Å². The van der Waals surface area contributed by atoms with Gasteiger partial charge in [0.2, 0.25) is 5.91 Å². The molecule has 2 rings (SSSR count). The molecular formula is C20H22Cl2N2O4. The van der Waals surface area contributed by atoms with Crippen LogP contribution in [0.1, 0.15) is 13.8 Å². The van der Waals surface area contributed by atoms with Crippen molar-refractivity contribution in [2.24, 2.45) is 0 Å². The first-order valence-corrected chi connectivity index (χ1v) is 9.44. The lowest BCUT2D eigenvalue weighted by Crippen LogP contribution is -2.44. The molecule has 150 valence electrons. The molecule has 0 saturated heterocycles. The molecule has 0 aromatic heterocycles. The van der Waals surface area contributed by atoms with E-state index in [1.165, 1.54) is 4.90 Å². The van der Waals surface area contributed by atoms with Crippen LogP contribution in [0.2, 0.25) is 10.0 Å². The van der Waals surface area contributed by atoms with E-state index in [9.17, 15) is 9.59 Å². The highest BCUT2D eigenvalue weighted by Gasteiger charge is 2.23. The molecule has 0 aliphatic rings. The number of carbonyl (C=O) groups is 2. The van der Waals surface area contributed by atoms with E-state index in [4.69, 9.17) is 32.7 Å². The lowest BCUT2D eigenvalue weighted by atomic mass is 10.3. The lowest BCUT2D eigenvalue weighted by Gasteiger charge is -2.24. The van der Waals surface area contributed by atoms with Gasteiger partial charge < -0.3 is 19.7 Å². The van der Waals surface area contributed by atoms with Gasteiger partial charge in [0.1, 0.15) is 11.5 Å². The summed E-state index contributed by atoms with van der Waals surface area (Å²) in [5.41, 5.74) is 0.321. The molecule has 0 fully saturated rings. The predicted octanol–water partition coefficient (Wildman–Crippen LogP) is 4.26. The van der Waals surface area contributed by atoms with E-state index in [0.717, 1.165) is 0 Å². The van der Waals surface area contributed by atoms with Crippen LogP contribution in [-0.2, 0) is 9.59 Å². The van der Waals surface area contributed by atoms with Crippen LogP contribution in [0.3, 0.4) is 0 Å². The van der Waals surface area contributed by atoms with Gasteiger partial charge in [0.05, 0.1) is 29.4 Å². The van der Waals surface area contributed by atoms with Crippen LogP contribution in [0, 0.1) is 0 Å².